The van der Waals surface area contributed by atoms with Crippen molar-refractivity contribution < 1.29 is 13.9 Å². The van der Waals surface area contributed by atoms with Gasteiger partial charge in [-0.3, -0.25) is 9.78 Å². The highest BCUT2D eigenvalue weighted by atomic mass is 32.1. The molecule has 1 amide bonds. The molecule has 0 spiro atoms. The molecule has 0 radical (unpaired) electrons. The van der Waals surface area contributed by atoms with Crippen LogP contribution in [0.1, 0.15) is 22.5 Å². The highest BCUT2D eigenvalue weighted by Crippen LogP contribution is 2.40. The van der Waals surface area contributed by atoms with Gasteiger partial charge >= 0.3 is 0 Å². The molecule has 2 aromatic rings. The van der Waals surface area contributed by atoms with Crippen LogP contribution >= 0.6 is 11.3 Å². The molecule has 0 N–H and O–H groups in total. The number of hydrogen-bond donors (Lipinski definition) is 0. The van der Waals surface area contributed by atoms with Gasteiger partial charge in [0, 0.05) is 25.1 Å². The molecule has 2 fully saturated rings. The number of aromatic nitrogens is 1. The number of hydrogen-bond acceptors (Lipinski definition) is 4. The number of carbonyl (C=O) groups is 1. The zero-order valence-corrected chi connectivity index (χ0v) is 13.3. The molecule has 120 valence electrons. The van der Waals surface area contributed by atoms with Crippen LogP contribution in [0.15, 0.2) is 36.0 Å². The van der Waals surface area contributed by atoms with Crippen LogP contribution in [0.5, 0.6) is 5.75 Å². The second-order valence-corrected chi connectivity index (χ2v) is 7.08. The molecular formula is C17H17FN2O2S. The average Bonchev–Trinajstić information content (AvgIpc) is 3.24. The van der Waals surface area contributed by atoms with Crippen molar-refractivity contribution in [2.45, 2.75) is 18.9 Å². The molecule has 1 aliphatic carbocycles. The van der Waals surface area contributed by atoms with Crippen LogP contribution in [0.25, 0.3) is 0 Å². The maximum Gasteiger partial charge on any atom is 0.265 e. The largest absolute Gasteiger partial charge is 0.490 e. The molecule has 1 aromatic heterocycles. The molecule has 1 saturated carbocycles. The Morgan fingerprint density at radius 3 is 3.04 bits per heavy atom. The lowest BCUT2D eigenvalue weighted by Gasteiger charge is -2.21. The third-order valence-electron chi connectivity index (χ3n) is 4.80. The van der Waals surface area contributed by atoms with Crippen LogP contribution in [0.4, 0.5) is 4.39 Å². The van der Waals surface area contributed by atoms with Crippen molar-refractivity contribution >= 4 is 17.2 Å². The normalized spacial score (nSPS) is 26.3. The third-order valence-corrected chi connectivity index (χ3v) is 5.57. The fourth-order valence-electron chi connectivity index (χ4n) is 3.72. The van der Waals surface area contributed by atoms with Gasteiger partial charge in [-0.25, -0.2) is 4.39 Å². The van der Waals surface area contributed by atoms with Gasteiger partial charge in [-0.1, -0.05) is 6.07 Å². The van der Waals surface area contributed by atoms with Crippen molar-refractivity contribution in [3.05, 3.63) is 46.7 Å². The number of nitrogens with zero attached hydrogens (tertiary/aromatic N) is 2. The number of ether oxygens (including phenoxy) is 1. The molecule has 0 unspecified atom stereocenters. The van der Waals surface area contributed by atoms with E-state index in [2.05, 4.69) is 4.98 Å². The number of likely N-dealkylation sites (tertiary alicyclic amines) is 1. The zero-order valence-electron chi connectivity index (χ0n) is 12.5. The van der Waals surface area contributed by atoms with E-state index >= 15 is 0 Å². The summed E-state index contributed by atoms with van der Waals surface area (Å²) in [6.45, 7) is 1.49. The lowest BCUT2D eigenvalue weighted by molar-refractivity contribution is 0.0767. The van der Waals surface area contributed by atoms with Crippen molar-refractivity contribution in [3.63, 3.8) is 0 Å². The third kappa shape index (κ3) is 2.83. The first-order valence-corrected chi connectivity index (χ1v) is 8.68. The Morgan fingerprint density at radius 2 is 2.26 bits per heavy atom. The summed E-state index contributed by atoms with van der Waals surface area (Å²) in [6, 6.07) is 6.27. The summed E-state index contributed by atoms with van der Waals surface area (Å²) in [7, 11) is 0. The van der Waals surface area contributed by atoms with Crippen molar-refractivity contribution in [3.8, 4) is 5.75 Å². The van der Waals surface area contributed by atoms with Crippen LogP contribution in [-0.4, -0.2) is 35.0 Å². The van der Waals surface area contributed by atoms with Crippen LogP contribution in [0.3, 0.4) is 0 Å². The first-order valence-electron chi connectivity index (χ1n) is 7.80. The molecule has 1 aliphatic heterocycles. The first-order chi connectivity index (χ1) is 11.2. The molecule has 2 aliphatic rings. The first kappa shape index (κ1) is 14.6. The molecule has 2 heterocycles. The van der Waals surface area contributed by atoms with Gasteiger partial charge in [-0.05, 0) is 30.9 Å². The monoisotopic (exact) mass is 332 g/mol. The Balaban J connectivity index is 1.44. The zero-order chi connectivity index (χ0) is 15.8. The van der Waals surface area contributed by atoms with Crippen molar-refractivity contribution in [2.24, 2.45) is 11.8 Å². The fourth-order valence-corrected chi connectivity index (χ4v) is 4.31. The van der Waals surface area contributed by atoms with Crippen LogP contribution in [0.2, 0.25) is 0 Å². The molecule has 1 aromatic carbocycles. The van der Waals surface area contributed by atoms with Crippen molar-refractivity contribution in [2.75, 3.05) is 13.1 Å². The Hall–Kier alpha value is -1.95. The highest BCUT2D eigenvalue weighted by molar-refractivity contribution is 7.11. The molecule has 4 nitrogen and oxygen atoms in total. The molecule has 3 atom stereocenters. The van der Waals surface area contributed by atoms with Gasteiger partial charge in [0.2, 0.25) is 0 Å². The predicted molar refractivity (Wildman–Crippen MR) is 85.0 cm³/mol. The van der Waals surface area contributed by atoms with Crippen molar-refractivity contribution in [1.29, 1.82) is 0 Å². The number of fused-ring (bicyclic) bond motifs is 1. The van der Waals surface area contributed by atoms with E-state index in [1.54, 1.807) is 23.8 Å². The van der Waals surface area contributed by atoms with E-state index in [1.165, 1.54) is 23.5 Å². The van der Waals surface area contributed by atoms with Gasteiger partial charge in [0.25, 0.3) is 5.91 Å². The topological polar surface area (TPSA) is 42.4 Å². The summed E-state index contributed by atoms with van der Waals surface area (Å²) < 4.78 is 19.3. The second kappa shape index (κ2) is 5.92. The van der Waals surface area contributed by atoms with E-state index in [1.807, 2.05) is 4.90 Å². The molecule has 0 bridgehead atoms. The van der Waals surface area contributed by atoms with Gasteiger partial charge < -0.3 is 9.64 Å². The lowest BCUT2D eigenvalue weighted by Crippen LogP contribution is -2.32. The Kier molecular flexibility index (Phi) is 3.77. The minimum absolute atomic E-state index is 0.0565. The van der Waals surface area contributed by atoms with E-state index in [4.69, 9.17) is 4.74 Å². The fraction of sp³-hybridized carbons (Fsp3) is 0.412. The molecule has 4 rings (SSSR count). The van der Waals surface area contributed by atoms with E-state index in [-0.39, 0.29) is 17.8 Å². The van der Waals surface area contributed by atoms with E-state index in [0.29, 0.717) is 29.0 Å². The van der Waals surface area contributed by atoms with Crippen molar-refractivity contribution in [1.82, 2.24) is 9.88 Å². The number of amides is 1. The molecular weight excluding hydrogens is 315 g/mol. The number of halogens is 1. The minimum Gasteiger partial charge on any atom is -0.490 e. The maximum absolute atomic E-state index is 13.3. The molecule has 23 heavy (non-hydrogen) atoms. The summed E-state index contributed by atoms with van der Waals surface area (Å²) in [5.41, 5.74) is 1.68. The number of thiazole rings is 1. The van der Waals surface area contributed by atoms with Crippen LogP contribution < -0.4 is 4.74 Å². The lowest BCUT2D eigenvalue weighted by atomic mass is 9.99. The Morgan fingerprint density at radius 1 is 1.35 bits per heavy atom. The van der Waals surface area contributed by atoms with Gasteiger partial charge in [0.1, 0.15) is 22.5 Å². The molecule has 1 saturated heterocycles. The van der Waals surface area contributed by atoms with E-state index < -0.39 is 0 Å². The minimum atomic E-state index is -0.287. The Bertz CT molecular complexity index is 706. The van der Waals surface area contributed by atoms with Crippen LogP contribution in [0, 0.1) is 17.7 Å². The quantitative estimate of drug-likeness (QED) is 0.867. The van der Waals surface area contributed by atoms with Gasteiger partial charge in [-0.15, -0.1) is 11.3 Å². The summed E-state index contributed by atoms with van der Waals surface area (Å²) in [6.07, 6.45) is 3.70. The maximum atomic E-state index is 13.3. The highest BCUT2D eigenvalue weighted by Gasteiger charge is 2.45. The van der Waals surface area contributed by atoms with E-state index in [0.717, 1.165) is 19.4 Å². The van der Waals surface area contributed by atoms with Crippen LogP contribution in [-0.2, 0) is 0 Å². The number of rotatable bonds is 3. The van der Waals surface area contributed by atoms with Gasteiger partial charge in [0.05, 0.1) is 11.7 Å². The standard InChI is InChI=1S/C17H17FN2O2S/c18-12-2-1-3-13(6-12)22-15-5-4-11-8-20(9-14(11)15)17(21)16-7-19-10-23-16/h1-3,6-7,10-11,14-15H,4-5,8-9H2/t11-,14+,15-/m0/s1. The number of benzene rings is 1. The Labute approximate surface area is 137 Å². The second-order valence-electron chi connectivity index (χ2n) is 6.19. The van der Waals surface area contributed by atoms with Gasteiger partial charge in [0.15, 0.2) is 0 Å². The SMILES string of the molecule is O=C(c1cncs1)N1C[C@@H]2CC[C@H](Oc3cccc(F)c3)[C@@H]2C1. The molecule has 6 heteroatoms. The average molecular weight is 332 g/mol. The number of carbonyl (C=O) groups excluding carboxylic acids is 1. The smallest absolute Gasteiger partial charge is 0.265 e. The van der Waals surface area contributed by atoms with E-state index in [9.17, 15) is 9.18 Å². The summed E-state index contributed by atoms with van der Waals surface area (Å²) in [5, 5.41) is 0. The van der Waals surface area contributed by atoms with Gasteiger partial charge in [-0.2, -0.15) is 0 Å². The summed E-state index contributed by atoms with van der Waals surface area (Å²) >= 11 is 1.38. The summed E-state index contributed by atoms with van der Waals surface area (Å²) in [5.74, 6) is 1.15. The predicted octanol–water partition coefficient (Wildman–Crippen LogP) is 3.21. The summed E-state index contributed by atoms with van der Waals surface area (Å²) in [4.78, 5) is 19.0.